The Balaban J connectivity index is 1.12. The number of piperidine rings is 1. The summed E-state index contributed by atoms with van der Waals surface area (Å²) in [7, 11) is 0. The molecule has 0 saturated carbocycles. The van der Waals surface area contributed by atoms with E-state index in [9.17, 15) is 27.6 Å². The number of aromatic nitrogens is 1. The fourth-order valence-electron chi connectivity index (χ4n) is 4.74. The van der Waals surface area contributed by atoms with Crippen LogP contribution in [0.5, 0.6) is 0 Å². The minimum absolute atomic E-state index is 0.0331. The zero-order valence-electron chi connectivity index (χ0n) is 19.9. The van der Waals surface area contributed by atoms with Gasteiger partial charge in [-0.1, -0.05) is 28.9 Å². The summed E-state index contributed by atoms with van der Waals surface area (Å²) in [4.78, 5) is 40.5. The van der Waals surface area contributed by atoms with Crippen molar-refractivity contribution in [3.8, 4) is 0 Å². The van der Waals surface area contributed by atoms with Crippen LogP contribution in [0, 0.1) is 0 Å². The van der Waals surface area contributed by atoms with Gasteiger partial charge in [-0.05, 0) is 43.2 Å². The molecule has 3 amide bonds. The third-order valence-electron chi connectivity index (χ3n) is 6.76. The second kappa shape index (κ2) is 10.1. The largest absolute Gasteiger partial charge is 0.417 e. The molecule has 1 N–H and O–H groups in total. The topological polar surface area (TPSA) is 95.8 Å². The quantitative estimate of drug-likeness (QED) is 0.434. The van der Waals surface area contributed by atoms with Crippen LogP contribution in [0.25, 0.3) is 0 Å². The van der Waals surface area contributed by atoms with Crippen molar-refractivity contribution in [2.45, 2.75) is 24.9 Å². The molecule has 0 spiro atoms. The Morgan fingerprint density at radius 2 is 1.71 bits per heavy atom. The van der Waals surface area contributed by atoms with Gasteiger partial charge in [0.15, 0.2) is 0 Å². The van der Waals surface area contributed by atoms with E-state index in [0.717, 1.165) is 18.2 Å². The van der Waals surface area contributed by atoms with Gasteiger partial charge in [0, 0.05) is 43.7 Å². The summed E-state index contributed by atoms with van der Waals surface area (Å²) < 4.78 is 44.2. The van der Waals surface area contributed by atoms with Gasteiger partial charge in [-0.25, -0.2) is 0 Å². The number of imide groups is 1. The highest BCUT2D eigenvalue weighted by atomic mass is 35.5. The van der Waals surface area contributed by atoms with Crippen molar-refractivity contribution < 1.29 is 32.1 Å². The molecule has 2 aromatic carbocycles. The Morgan fingerprint density at radius 3 is 2.32 bits per heavy atom. The first-order chi connectivity index (χ1) is 18.1. The van der Waals surface area contributed by atoms with Gasteiger partial charge >= 0.3 is 6.18 Å². The molecule has 0 radical (unpaired) electrons. The number of hydrogen-bond donors (Lipinski definition) is 1. The predicted octanol–water partition coefficient (Wildman–Crippen LogP) is 5.07. The fraction of sp³-hybridized carbons (Fsp3) is 0.308. The zero-order valence-corrected chi connectivity index (χ0v) is 20.7. The first-order valence-corrected chi connectivity index (χ1v) is 12.3. The molecule has 0 atom stereocenters. The summed E-state index contributed by atoms with van der Waals surface area (Å²) >= 11 is 5.76. The summed E-state index contributed by atoms with van der Waals surface area (Å²) in [5.41, 5.74) is 0.621. The number of nitrogens with zero attached hydrogens (tertiary/aromatic N) is 3. The Kier molecular flexibility index (Phi) is 6.87. The molecule has 0 unspecified atom stereocenters. The van der Waals surface area contributed by atoms with E-state index in [1.54, 1.807) is 35.2 Å². The van der Waals surface area contributed by atoms with Crippen LogP contribution in [0.15, 0.2) is 53.1 Å². The number of halogens is 4. The molecule has 0 aliphatic carbocycles. The lowest BCUT2D eigenvalue weighted by Crippen LogP contribution is -2.38. The van der Waals surface area contributed by atoms with E-state index < -0.39 is 16.8 Å². The van der Waals surface area contributed by atoms with Crippen LogP contribution >= 0.6 is 11.6 Å². The molecule has 3 heterocycles. The lowest BCUT2D eigenvalue weighted by Gasteiger charge is -2.31. The van der Waals surface area contributed by atoms with Crippen molar-refractivity contribution in [1.82, 2.24) is 15.0 Å². The molecule has 2 aliphatic heterocycles. The fourth-order valence-corrected chi connectivity index (χ4v) is 5.02. The highest BCUT2D eigenvalue weighted by molar-refractivity contribution is 6.31. The maximum Gasteiger partial charge on any atom is 0.417 e. The molecule has 5 rings (SSSR count). The molecule has 0 bridgehead atoms. The van der Waals surface area contributed by atoms with Gasteiger partial charge < -0.3 is 14.7 Å². The predicted molar refractivity (Wildman–Crippen MR) is 131 cm³/mol. The number of likely N-dealkylation sites (tertiary alicyclic amines) is 1. The van der Waals surface area contributed by atoms with Crippen LogP contribution in [-0.2, 0) is 6.18 Å². The van der Waals surface area contributed by atoms with E-state index in [0.29, 0.717) is 48.6 Å². The number of carbonyl (C=O) groups is 3. The number of hydrogen-bond acceptors (Lipinski definition) is 6. The number of nitrogens with one attached hydrogen (secondary N) is 1. The lowest BCUT2D eigenvalue weighted by molar-refractivity contribution is -0.137. The molecule has 1 fully saturated rings. The van der Waals surface area contributed by atoms with Crippen molar-refractivity contribution in [3.63, 3.8) is 0 Å². The third-order valence-corrected chi connectivity index (χ3v) is 7.08. The highest BCUT2D eigenvalue weighted by Crippen LogP contribution is 2.35. The maximum absolute atomic E-state index is 12.9. The summed E-state index contributed by atoms with van der Waals surface area (Å²) in [6.45, 7) is 1.24. The van der Waals surface area contributed by atoms with Crippen molar-refractivity contribution in [2.75, 3.05) is 31.5 Å². The van der Waals surface area contributed by atoms with Crippen LogP contribution in [0.3, 0.4) is 0 Å². The van der Waals surface area contributed by atoms with Crippen molar-refractivity contribution in [2.24, 2.45) is 0 Å². The van der Waals surface area contributed by atoms with E-state index >= 15 is 0 Å². The molecule has 2 aliphatic rings. The molecular weight excluding hydrogens is 525 g/mol. The summed E-state index contributed by atoms with van der Waals surface area (Å²) in [5, 5.41) is 6.64. The first-order valence-electron chi connectivity index (χ1n) is 11.9. The average molecular weight is 547 g/mol. The highest BCUT2D eigenvalue weighted by Gasteiger charge is 2.35. The lowest BCUT2D eigenvalue weighted by atomic mass is 9.93. The molecule has 3 aromatic rings. The molecule has 12 heteroatoms. The molecular formula is C26H22ClF3N4O4. The van der Waals surface area contributed by atoms with Gasteiger partial charge in [-0.15, -0.1) is 0 Å². The number of benzene rings is 2. The third kappa shape index (κ3) is 4.98. The standard InChI is InChI=1S/C26H22ClF3N4O4/c27-20-13-16(5-6-19(20)26(28,29)30)23(35)33-10-7-15(8-11-33)21-14-22(38-32-21)31-9-12-34-24(36)17-3-1-2-4-18(17)25(34)37/h1-6,13-15,31H,7-12H2. The molecule has 198 valence electrons. The van der Waals surface area contributed by atoms with Crippen LogP contribution < -0.4 is 5.32 Å². The van der Waals surface area contributed by atoms with E-state index in [4.69, 9.17) is 16.1 Å². The molecule has 38 heavy (non-hydrogen) atoms. The first kappa shape index (κ1) is 25.8. The van der Waals surface area contributed by atoms with Crippen LogP contribution in [-0.4, -0.2) is 58.9 Å². The van der Waals surface area contributed by atoms with Gasteiger partial charge in [0.25, 0.3) is 17.7 Å². The molecule has 1 aromatic heterocycles. The van der Waals surface area contributed by atoms with E-state index in [-0.39, 0.29) is 42.3 Å². The average Bonchev–Trinajstić information content (AvgIpc) is 3.47. The summed E-state index contributed by atoms with van der Waals surface area (Å²) in [6, 6.07) is 11.4. The Hall–Kier alpha value is -3.86. The maximum atomic E-state index is 12.9. The Bertz CT molecular complexity index is 1360. The summed E-state index contributed by atoms with van der Waals surface area (Å²) in [5.74, 6) is -0.605. The van der Waals surface area contributed by atoms with E-state index in [1.165, 1.54) is 4.90 Å². The number of alkyl halides is 3. The number of fused-ring (bicyclic) bond motifs is 1. The van der Waals surface area contributed by atoms with Gasteiger partial charge in [-0.3, -0.25) is 19.3 Å². The van der Waals surface area contributed by atoms with Crippen molar-refractivity contribution in [3.05, 3.63) is 81.5 Å². The van der Waals surface area contributed by atoms with E-state index in [2.05, 4.69) is 10.5 Å². The molecule has 8 nitrogen and oxygen atoms in total. The zero-order chi connectivity index (χ0) is 27.0. The normalized spacial score (nSPS) is 16.2. The minimum Gasteiger partial charge on any atom is -0.352 e. The van der Waals surface area contributed by atoms with E-state index in [1.807, 2.05) is 0 Å². The SMILES string of the molecule is O=C(c1ccc(C(F)(F)F)c(Cl)c1)N1CCC(c2cc(NCCN3C(=O)c4ccccc4C3=O)on2)CC1. The van der Waals surface area contributed by atoms with Crippen LogP contribution in [0.2, 0.25) is 5.02 Å². The number of anilines is 1. The number of amides is 3. The van der Waals surface area contributed by atoms with Gasteiger partial charge in [-0.2, -0.15) is 13.2 Å². The smallest absolute Gasteiger partial charge is 0.352 e. The van der Waals surface area contributed by atoms with Crippen molar-refractivity contribution >= 4 is 35.2 Å². The Morgan fingerprint density at radius 1 is 1.05 bits per heavy atom. The van der Waals surface area contributed by atoms with Crippen LogP contribution in [0.1, 0.15) is 61.1 Å². The number of carbonyl (C=O) groups excluding carboxylic acids is 3. The van der Waals surface area contributed by atoms with Gasteiger partial charge in [0.2, 0.25) is 5.88 Å². The molecule has 1 saturated heterocycles. The van der Waals surface area contributed by atoms with Gasteiger partial charge in [0.05, 0.1) is 27.4 Å². The second-order valence-electron chi connectivity index (χ2n) is 9.11. The number of rotatable bonds is 6. The minimum atomic E-state index is -4.59. The Labute approximate surface area is 220 Å². The van der Waals surface area contributed by atoms with Gasteiger partial charge in [0.1, 0.15) is 0 Å². The second-order valence-corrected chi connectivity index (χ2v) is 9.52. The van der Waals surface area contributed by atoms with Crippen LogP contribution in [0.4, 0.5) is 19.1 Å². The monoisotopic (exact) mass is 546 g/mol. The summed E-state index contributed by atoms with van der Waals surface area (Å²) in [6.07, 6.45) is -3.39. The van der Waals surface area contributed by atoms with Crippen molar-refractivity contribution in [1.29, 1.82) is 0 Å².